The van der Waals surface area contributed by atoms with Crippen LogP contribution < -0.4 is 10.8 Å². The third-order valence-corrected chi connectivity index (χ3v) is 2.08. The molecule has 18 heavy (non-hydrogen) atoms. The number of carbonyl (C=O) groups is 2. The quantitative estimate of drug-likeness (QED) is 0.691. The van der Waals surface area contributed by atoms with Gasteiger partial charge < -0.3 is 10.4 Å². The van der Waals surface area contributed by atoms with Gasteiger partial charge in [0.15, 0.2) is 6.61 Å². The Hall–Kier alpha value is -2.15. The summed E-state index contributed by atoms with van der Waals surface area (Å²) in [5, 5.41) is 10.8. The average Bonchev–Trinajstić information content (AvgIpc) is 2.29. The number of carboxylic acid groups (broad SMARTS) is 1. The Morgan fingerprint density at radius 1 is 1.39 bits per heavy atom. The molecule has 2 amide bonds. The Kier molecular flexibility index (Phi) is 5.06. The Labute approximate surface area is 103 Å². The van der Waals surface area contributed by atoms with Crippen LogP contribution in [0, 0.1) is 5.82 Å². The fraction of sp³-hybridized carbons (Fsp3) is 0.273. The number of benzene rings is 1. The summed E-state index contributed by atoms with van der Waals surface area (Å²) in [6, 6.07) is 4.61. The molecule has 0 bridgehead atoms. The van der Waals surface area contributed by atoms with Crippen LogP contribution in [0.25, 0.3) is 0 Å². The molecule has 6 nitrogen and oxygen atoms in total. The number of aliphatic carboxylic acids is 1. The normalized spacial score (nSPS) is 11.7. The molecule has 1 rings (SSSR count). The van der Waals surface area contributed by atoms with E-state index in [1.165, 1.54) is 12.1 Å². The van der Waals surface area contributed by atoms with Gasteiger partial charge in [0, 0.05) is 0 Å². The molecule has 0 spiro atoms. The lowest BCUT2D eigenvalue weighted by Gasteiger charge is -2.14. The van der Waals surface area contributed by atoms with Crippen molar-refractivity contribution in [2.45, 2.75) is 13.0 Å². The van der Waals surface area contributed by atoms with Crippen LogP contribution in [0.4, 0.5) is 9.18 Å². The highest BCUT2D eigenvalue weighted by atomic mass is 19.1. The SMILES string of the molecule is CC(NC(=O)NOCC(=O)O)c1ccc(F)cc1. The van der Waals surface area contributed by atoms with E-state index in [1.807, 2.05) is 5.48 Å². The van der Waals surface area contributed by atoms with Gasteiger partial charge in [-0.15, -0.1) is 0 Å². The van der Waals surface area contributed by atoms with E-state index >= 15 is 0 Å². The van der Waals surface area contributed by atoms with Crippen molar-refractivity contribution in [3.8, 4) is 0 Å². The maximum absolute atomic E-state index is 12.7. The van der Waals surface area contributed by atoms with Gasteiger partial charge in [0.05, 0.1) is 6.04 Å². The number of halogens is 1. The van der Waals surface area contributed by atoms with E-state index in [4.69, 9.17) is 5.11 Å². The van der Waals surface area contributed by atoms with Gasteiger partial charge in [0.2, 0.25) is 0 Å². The summed E-state index contributed by atoms with van der Waals surface area (Å²) in [7, 11) is 0. The van der Waals surface area contributed by atoms with Crippen molar-refractivity contribution in [3.63, 3.8) is 0 Å². The fourth-order valence-electron chi connectivity index (χ4n) is 1.22. The Bertz CT molecular complexity index is 422. The Morgan fingerprint density at radius 3 is 2.56 bits per heavy atom. The molecule has 3 N–H and O–H groups in total. The summed E-state index contributed by atoms with van der Waals surface area (Å²) in [5.41, 5.74) is 2.63. The molecular weight excluding hydrogens is 243 g/mol. The maximum Gasteiger partial charge on any atom is 0.339 e. The van der Waals surface area contributed by atoms with Gasteiger partial charge in [-0.3, -0.25) is 4.84 Å². The summed E-state index contributed by atoms with van der Waals surface area (Å²) in [4.78, 5) is 25.8. The topological polar surface area (TPSA) is 87.7 Å². The van der Waals surface area contributed by atoms with E-state index in [1.54, 1.807) is 19.1 Å². The van der Waals surface area contributed by atoms with E-state index < -0.39 is 18.6 Å². The number of carboxylic acids is 1. The predicted octanol–water partition coefficient (Wildman–Crippen LogP) is 1.20. The van der Waals surface area contributed by atoms with Gasteiger partial charge in [0.25, 0.3) is 0 Å². The second-order valence-corrected chi connectivity index (χ2v) is 3.53. The highest BCUT2D eigenvalue weighted by molar-refractivity contribution is 5.73. The number of hydroxylamine groups is 1. The molecule has 0 aliphatic heterocycles. The lowest BCUT2D eigenvalue weighted by atomic mass is 10.1. The summed E-state index contributed by atoms with van der Waals surface area (Å²) in [5.74, 6) is -1.55. The highest BCUT2D eigenvalue weighted by Crippen LogP contribution is 2.12. The third kappa shape index (κ3) is 4.79. The minimum absolute atomic E-state index is 0.361. The minimum Gasteiger partial charge on any atom is -0.479 e. The Balaban J connectivity index is 2.39. The van der Waals surface area contributed by atoms with Crippen molar-refractivity contribution >= 4 is 12.0 Å². The standard InChI is InChI=1S/C11H13FN2O4/c1-7(8-2-4-9(12)5-3-8)13-11(17)14-18-6-10(15)16/h2-5,7H,6H2,1H3,(H,15,16)(H2,13,14,17). The van der Waals surface area contributed by atoms with Crippen molar-refractivity contribution in [2.24, 2.45) is 0 Å². The first-order valence-corrected chi connectivity index (χ1v) is 5.14. The molecule has 0 fully saturated rings. The van der Waals surface area contributed by atoms with E-state index in [0.717, 1.165) is 0 Å². The van der Waals surface area contributed by atoms with Gasteiger partial charge >= 0.3 is 12.0 Å². The number of hydrogen-bond donors (Lipinski definition) is 3. The van der Waals surface area contributed by atoms with Crippen LogP contribution in [-0.4, -0.2) is 23.7 Å². The molecule has 0 aromatic heterocycles. The van der Waals surface area contributed by atoms with Gasteiger partial charge in [0.1, 0.15) is 5.82 Å². The lowest BCUT2D eigenvalue weighted by molar-refractivity contribution is -0.144. The van der Waals surface area contributed by atoms with Crippen molar-refractivity contribution in [2.75, 3.05) is 6.61 Å². The van der Waals surface area contributed by atoms with Gasteiger partial charge in [-0.05, 0) is 24.6 Å². The van der Waals surface area contributed by atoms with Crippen LogP contribution in [0.2, 0.25) is 0 Å². The average molecular weight is 256 g/mol. The van der Waals surface area contributed by atoms with E-state index in [-0.39, 0.29) is 11.9 Å². The van der Waals surface area contributed by atoms with Crippen LogP contribution >= 0.6 is 0 Å². The minimum atomic E-state index is -1.19. The van der Waals surface area contributed by atoms with E-state index in [2.05, 4.69) is 10.2 Å². The first-order chi connectivity index (χ1) is 8.49. The second kappa shape index (κ2) is 6.55. The zero-order valence-corrected chi connectivity index (χ0v) is 9.64. The highest BCUT2D eigenvalue weighted by Gasteiger charge is 2.09. The zero-order valence-electron chi connectivity index (χ0n) is 9.64. The lowest BCUT2D eigenvalue weighted by Crippen LogP contribution is -2.38. The van der Waals surface area contributed by atoms with Crippen molar-refractivity contribution in [1.29, 1.82) is 0 Å². The molecule has 0 saturated heterocycles. The first-order valence-electron chi connectivity index (χ1n) is 5.14. The summed E-state index contributed by atoms with van der Waals surface area (Å²) in [6.45, 7) is 1.07. The van der Waals surface area contributed by atoms with E-state index in [0.29, 0.717) is 5.56 Å². The molecule has 0 radical (unpaired) electrons. The van der Waals surface area contributed by atoms with Crippen LogP contribution in [0.3, 0.4) is 0 Å². The van der Waals surface area contributed by atoms with E-state index in [9.17, 15) is 14.0 Å². The first kappa shape index (κ1) is 13.9. The molecule has 1 unspecified atom stereocenters. The number of amides is 2. The van der Waals surface area contributed by atoms with Crippen molar-refractivity contribution < 1.29 is 23.9 Å². The molecular formula is C11H13FN2O4. The second-order valence-electron chi connectivity index (χ2n) is 3.53. The summed E-state index contributed by atoms with van der Waals surface area (Å²) in [6.07, 6.45) is 0. The number of carbonyl (C=O) groups excluding carboxylic acids is 1. The molecule has 1 atom stereocenters. The Morgan fingerprint density at radius 2 is 2.00 bits per heavy atom. The largest absolute Gasteiger partial charge is 0.479 e. The molecule has 98 valence electrons. The molecule has 0 aliphatic carbocycles. The monoisotopic (exact) mass is 256 g/mol. The van der Waals surface area contributed by atoms with Crippen LogP contribution in [0.5, 0.6) is 0 Å². The molecule has 0 heterocycles. The number of nitrogens with one attached hydrogen (secondary N) is 2. The van der Waals surface area contributed by atoms with Crippen LogP contribution in [-0.2, 0) is 9.63 Å². The zero-order chi connectivity index (χ0) is 13.5. The molecule has 1 aromatic rings. The smallest absolute Gasteiger partial charge is 0.339 e. The molecule has 1 aromatic carbocycles. The number of rotatable bonds is 5. The molecule has 0 aliphatic rings. The van der Waals surface area contributed by atoms with Crippen LogP contribution in [0.1, 0.15) is 18.5 Å². The van der Waals surface area contributed by atoms with Crippen molar-refractivity contribution in [3.05, 3.63) is 35.6 Å². The summed E-state index contributed by atoms with van der Waals surface area (Å²) < 4.78 is 12.7. The predicted molar refractivity (Wildman–Crippen MR) is 60.1 cm³/mol. The third-order valence-electron chi connectivity index (χ3n) is 2.08. The van der Waals surface area contributed by atoms with Gasteiger partial charge in [-0.2, -0.15) is 0 Å². The van der Waals surface area contributed by atoms with Gasteiger partial charge in [-0.25, -0.2) is 19.5 Å². The molecule has 0 saturated carbocycles. The number of hydrogen-bond acceptors (Lipinski definition) is 3. The fourth-order valence-corrected chi connectivity index (χ4v) is 1.22. The summed E-state index contributed by atoms with van der Waals surface area (Å²) >= 11 is 0. The maximum atomic E-state index is 12.7. The van der Waals surface area contributed by atoms with Crippen molar-refractivity contribution in [1.82, 2.24) is 10.8 Å². The molecule has 7 heteroatoms. The number of urea groups is 1. The van der Waals surface area contributed by atoms with Crippen LogP contribution in [0.15, 0.2) is 24.3 Å². The van der Waals surface area contributed by atoms with Gasteiger partial charge in [-0.1, -0.05) is 12.1 Å².